The van der Waals surface area contributed by atoms with Gasteiger partial charge in [-0.2, -0.15) is 0 Å². The largest absolute Gasteiger partial charge is 0.103 e. The second kappa shape index (κ2) is 11.6. The molecule has 0 aromatic rings. The summed E-state index contributed by atoms with van der Waals surface area (Å²) in [5.41, 5.74) is 0. The molecule has 0 aromatic carbocycles. The summed E-state index contributed by atoms with van der Waals surface area (Å²) in [5, 5.41) is 0. The summed E-state index contributed by atoms with van der Waals surface area (Å²) in [5.74, 6) is 3.58. The Labute approximate surface area is 123 Å². The van der Waals surface area contributed by atoms with E-state index in [-0.39, 0.29) is 0 Å². The van der Waals surface area contributed by atoms with Crippen molar-refractivity contribution in [1.29, 1.82) is 0 Å². The van der Waals surface area contributed by atoms with Crippen LogP contribution in [0.4, 0.5) is 0 Å². The Balaban J connectivity index is 4.91. The lowest BCUT2D eigenvalue weighted by atomic mass is 9.69. The van der Waals surface area contributed by atoms with E-state index in [0.717, 1.165) is 23.7 Å². The van der Waals surface area contributed by atoms with Gasteiger partial charge in [0.1, 0.15) is 0 Å². The molecule has 114 valence electrons. The molecule has 0 nitrogen and oxygen atoms in total. The van der Waals surface area contributed by atoms with Crippen LogP contribution in [-0.2, 0) is 0 Å². The summed E-state index contributed by atoms with van der Waals surface area (Å²) < 4.78 is 0. The van der Waals surface area contributed by atoms with E-state index < -0.39 is 0 Å². The first-order chi connectivity index (χ1) is 9.15. The van der Waals surface area contributed by atoms with Crippen LogP contribution in [0.1, 0.15) is 86.0 Å². The summed E-state index contributed by atoms with van der Waals surface area (Å²) >= 11 is 0. The Bertz CT molecular complexity index is 200. The molecule has 0 bridgehead atoms. The molecule has 3 atom stereocenters. The van der Waals surface area contributed by atoms with E-state index in [9.17, 15) is 0 Å². The van der Waals surface area contributed by atoms with E-state index >= 15 is 0 Å². The molecular weight excluding hydrogens is 228 g/mol. The summed E-state index contributed by atoms with van der Waals surface area (Å²) in [6, 6.07) is 0. The van der Waals surface area contributed by atoms with Crippen LogP contribution in [0, 0.1) is 23.7 Å². The maximum Gasteiger partial charge on any atom is -0.0325 e. The highest BCUT2D eigenvalue weighted by Gasteiger charge is 2.29. The molecule has 0 aliphatic rings. The topological polar surface area (TPSA) is 0 Å². The molecule has 19 heavy (non-hydrogen) atoms. The molecule has 0 aromatic heterocycles. The number of hydrogen-bond acceptors (Lipinski definition) is 0. The molecule has 0 fully saturated rings. The van der Waals surface area contributed by atoms with Crippen LogP contribution in [0.15, 0.2) is 12.7 Å². The van der Waals surface area contributed by atoms with Crippen molar-refractivity contribution >= 4 is 0 Å². The zero-order valence-corrected chi connectivity index (χ0v) is 14.3. The summed E-state index contributed by atoms with van der Waals surface area (Å²) in [6.07, 6.45) is 12.9. The molecule has 0 rings (SSSR count). The lowest BCUT2D eigenvalue weighted by molar-refractivity contribution is 0.136. The van der Waals surface area contributed by atoms with Crippen LogP contribution in [0.5, 0.6) is 0 Å². The van der Waals surface area contributed by atoms with E-state index in [2.05, 4.69) is 47.3 Å². The van der Waals surface area contributed by atoms with Crippen molar-refractivity contribution in [2.45, 2.75) is 86.0 Å². The lowest BCUT2D eigenvalue weighted by Crippen LogP contribution is -2.28. The summed E-state index contributed by atoms with van der Waals surface area (Å²) in [4.78, 5) is 0. The lowest BCUT2D eigenvalue weighted by Gasteiger charge is -2.37. The molecule has 0 heteroatoms. The van der Waals surface area contributed by atoms with E-state index in [4.69, 9.17) is 0 Å². The zero-order chi connectivity index (χ0) is 14.7. The highest BCUT2D eigenvalue weighted by molar-refractivity contribution is 4.83. The van der Waals surface area contributed by atoms with Crippen LogP contribution in [0.25, 0.3) is 0 Å². The summed E-state index contributed by atoms with van der Waals surface area (Å²) in [6.45, 7) is 15.8. The van der Waals surface area contributed by atoms with Crippen molar-refractivity contribution in [3.8, 4) is 0 Å². The standard InChI is InChI=1S/C19H38/c1-7-12-16(6)18(11-5)19(15-10-4)17(13-8-2)14-9-3/h7,16-19H,1,8-15H2,2-6H3. The quantitative estimate of drug-likeness (QED) is 0.338. The van der Waals surface area contributed by atoms with Gasteiger partial charge >= 0.3 is 0 Å². The first kappa shape index (κ1) is 18.7. The monoisotopic (exact) mass is 266 g/mol. The second-order valence-electron chi connectivity index (χ2n) is 6.36. The molecule has 0 amide bonds. The molecule has 0 spiro atoms. The van der Waals surface area contributed by atoms with Gasteiger partial charge in [-0.1, -0.05) is 85.6 Å². The van der Waals surface area contributed by atoms with Gasteiger partial charge < -0.3 is 0 Å². The number of allylic oxidation sites excluding steroid dienone is 1. The van der Waals surface area contributed by atoms with Gasteiger partial charge in [0, 0.05) is 0 Å². The maximum atomic E-state index is 3.94. The minimum atomic E-state index is 0.801. The first-order valence-electron chi connectivity index (χ1n) is 8.76. The maximum absolute atomic E-state index is 3.94. The van der Waals surface area contributed by atoms with Gasteiger partial charge in [-0.25, -0.2) is 0 Å². The fourth-order valence-electron chi connectivity index (χ4n) is 4.01. The van der Waals surface area contributed by atoms with Gasteiger partial charge in [0.15, 0.2) is 0 Å². The molecule has 3 unspecified atom stereocenters. The van der Waals surface area contributed by atoms with Crippen molar-refractivity contribution in [2.75, 3.05) is 0 Å². The Morgan fingerprint density at radius 3 is 1.74 bits per heavy atom. The van der Waals surface area contributed by atoms with Crippen LogP contribution in [0.3, 0.4) is 0 Å². The van der Waals surface area contributed by atoms with Crippen molar-refractivity contribution in [3.63, 3.8) is 0 Å². The third-order valence-corrected chi connectivity index (χ3v) is 4.84. The van der Waals surface area contributed by atoms with Crippen molar-refractivity contribution < 1.29 is 0 Å². The van der Waals surface area contributed by atoms with E-state index in [1.54, 1.807) is 0 Å². The van der Waals surface area contributed by atoms with Crippen LogP contribution < -0.4 is 0 Å². The Kier molecular flexibility index (Phi) is 11.4. The number of hydrogen-bond donors (Lipinski definition) is 0. The van der Waals surface area contributed by atoms with Crippen LogP contribution in [-0.4, -0.2) is 0 Å². The van der Waals surface area contributed by atoms with Gasteiger partial charge in [0.25, 0.3) is 0 Å². The average Bonchev–Trinajstić information content (AvgIpc) is 2.39. The minimum Gasteiger partial charge on any atom is -0.103 e. The third kappa shape index (κ3) is 6.63. The molecule has 0 aliphatic heterocycles. The van der Waals surface area contributed by atoms with Crippen LogP contribution >= 0.6 is 0 Å². The fourth-order valence-corrected chi connectivity index (χ4v) is 4.01. The molecular formula is C19H38. The normalized spacial score (nSPS) is 16.3. The Morgan fingerprint density at radius 1 is 0.842 bits per heavy atom. The highest BCUT2D eigenvalue weighted by atomic mass is 14.3. The van der Waals surface area contributed by atoms with Crippen LogP contribution in [0.2, 0.25) is 0 Å². The molecule has 0 aliphatic carbocycles. The predicted octanol–water partition coefficient (Wildman–Crippen LogP) is 6.86. The minimum absolute atomic E-state index is 0.801. The molecule has 0 heterocycles. The number of rotatable bonds is 12. The molecule has 0 saturated carbocycles. The predicted molar refractivity (Wildman–Crippen MR) is 89.5 cm³/mol. The van der Waals surface area contributed by atoms with Gasteiger partial charge in [0.05, 0.1) is 0 Å². The third-order valence-electron chi connectivity index (χ3n) is 4.84. The van der Waals surface area contributed by atoms with Gasteiger partial charge in [-0.3, -0.25) is 0 Å². The zero-order valence-electron chi connectivity index (χ0n) is 14.3. The van der Waals surface area contributed by atoms with Gasteiger partial charge in [0.2, 0.25) is 0 Å². The van der Waals surface area contributed by atoms with Gasteiger partial charge in [-0.05, 0) is 30.1 Å². The van der Waals surface area contributed by atoms with Gasteiger partial charge in [-0.15, -0.1) is 6.58 Å². The van der Waals surface area contributed by atoms with E-state index in [0.29, 0.717) is 0 Å². The fraction of sp³-hybridized carbons (Fsp3) is 0.895. The second-order valence-corrected chi connectivity index (χ2v) is 6.36. The molecule has 0 saturated heterocycles. The Hall–Kier alpha value is -0.260. The first-order valence-corrected chi connectivity index (χ1v) is 8.76. The smallest absolute Gasteiger partial charge is 0.0325 e. The molecule has 0 radical (unpaired) electrons. The SMILES string of the molecule is C=CCC(C)C(CC)C(CCC)C(CCC)CCC. The average molecular weight is 267 g/mol. The van der Waals surface area contributed by atoms with Crippen molar-refractivity contribution in [1.82, 2.24) is 0 Å². The Morgan fingerprint density at radius 2 is 1.37 bits per heavy atom. The van der Waals surface area contributed by atoms with E-state index in [1.807, 2.05) is 0 Å². The molecule has 0 N–H and O–H groups in total. The van der Waals surface area contributed by atoms with Crippen molar-refractivity contribution in [2.24, 2.45) is 23.7 Å². The van der Waals surface area contributed by atoms with Crippen molar-refractivity contribution in [3.05, 3.63) is 12.7 Å². The summed E-state index contributed by atoms with van der Waals surface area (Å²) in [7, 11) is 0. The van der Waals surface area contributed by atoms with E-state index in [1.165, 1.54) is 51.4 Å². The highest BCUT2D eigenvalue weighted by Crippen LogP contribution is 2.39.